The maximum atomic E-state index is 12.5. The summed E-state index contributed by atoms with van der Waals surface area (Å²) in [5.74, 6) is 0.697. The van der Waals surface area contributed by atoms with E-state index in [4.69, 9.17) is 0 Å². The lowest BCUT2D eigenvalue weighted by Gasteiger charge is -2.36. The van der Waals surface area contributed by atoms with Crippen LogP contribution in [0.2, 0.25) is 0 Å². The van der Waals surface area contributed by atoms with Gasteiger partial charge in [0.1, 0.15) is 0 Å². The summed E-state index contributed by atoms with van der Waals surface area (Å²) in [6.07, 6.45) is 3.56. The summed E-state index contributed by atoms with van der Waals surface area (Å²) in [5, 5.41) is 3.56. The summed E-state index contributed by atoms with van der Waals surface area (Å²) < 4.78 is 0. The number of carbonyl (C=O) groups excluding carboxylic acids is 1. The Morgan fingerprint density at radius 2 is 2.00 bits per heavy atom. The van der Waals surface area contributed by atoms with Gasteiger partial charge in [-0.3, -0.25) is 4.79 Å². The minimum Gasteiger partial charge on any atom is -0.340 e. The third-order valence-corrected chi connectivity index (χ3v) is 4.75. The Hall–Kier alpha value is -0.610. The molecule has 3 unspecified atom stereocenters. The van der Waals surface area contributed by atoms with Crippen molar-refractivity contribution in [3.8, 4) is 0 Å². The summed E-state index contributed by atoms with van der Waals surface area (Å²) in [6, 6.07) is 1.11. The van der Waals surface area contributed by atoms with Gasteiger partial charge in [0, 0.05) is 38.3 Å². The summed E-state index contributed by atoms with van der Waals surface area (Å²) in [4.78, 5) is 17.0. The molecule has 4 nitrogen and oxygen atoms in total. The number of nitrogens with zero attached hydrogens (tertiary/aromatic N) is 2. The van der Waals surface area contributed by atoms with E-state index < -0.39 is 0 Å². The fourth-order valence-corrected chi connectivity index (χ4v) is 3.62. The fraction of sp³-hybridized carbons (Fsp3) is 0.923. The highest BCUT2D eigenvalue weighted by Crippen LogP contribution is 2.34. The van der Waals surface area contributed by atoms with Crippen LogP contribution in [0.4, 0.5) is 0 Å². The second kappa shape index (κ2) is 4.58. The number of amides is 1. The first-order valence-electron chi connectivity index (χ1n) is 7.05. The van der Waals surface area contributed by atoms with Crippen molar-refractivity contribution in [1.82, 2.24) is 15.1 Å². The molecule has 96 valence electrons. The molecule has 3 aliphatic heterocycles. The van der Waals surface area contributed by atoms with Crippen molar-refractivity contribution in [2.45, 2.75) is 38.3 Å². The Morgan fingerprint density at radius 1 is 1.24 bits per heavy atom. The third-order valence-electron chi connectivity index (χ3n) is 4.75. The molecule has 4 heteroatoms. The molecule has 17 heavy (non-hydrogen) atoms. The first-order chi connectivity index (χ1) is 8.28. The second-order valence-corrected chi connectivity index (χ2v) is 5.65. The molecule has 3 heterocycles. The lowest BCUT2D eigenvalue weighted by atomic mass is 9.88. The first-order valence-corrected chi connectivity index (χ1v) is 7.05. The smallest absolute Gasteiger partial charge is 0.227 e. The number of rotatable bonds is 2. The van der Waals surface area contributed by atoms with Crippen molar-refractivity contribution in [1.29, 1.82) is 0 Å². The molecule has 3 atom stereocenters. The Balaban J connectivity index is 1.56. The van der Waals surface area contributed by atoms with E-state index in [0.717, 1.165) is 39.1 Å². The van der Waals surface area contributed by atoms with E-state index in [1.54, 1.807) is 0 Å². The monoisotopic (exact) mass is 237 g/mol. The van der Waals surface area contributed by atoms with Crippen LogP contribution in [0, 0.1) is 5.92 Å². The quantitative estimate of drug-likeness (QED) is 0.750. The SMILES string of the molecule is CCN1CCN(C(=O)C2CC3CCC2N3)CC1. The van der Waals surface area contributed by atoms with Gasteiger partial charge in [0.15, 0.2) is 0 Å². The number of nitrogens with one attached hydrogen (secondary N) is 1. The molecular weight excluding hydrogens is 214 g/mol. The van der Waals surface area contributed by atoms with Gasteiger partial charge in [0.2, 0.25) is 5.91 Å². The van der Waals surface area contributed by atoms with Crippen molar-refractivity contribution >= 4 is 5.91 Å². The molecule has 3 rings (SSSR count). The third kappa shape index (κ3) is 2.08. The molecule has 1 N–H and O–H groups in total. The van der Waals surface area contributed by atoms with Crippen LogP contribution >= 0.6 is 0 Å². The molecule has 0 aliphatic carbocycles. The maximum absolute atomic E-state index is 12.5. The lowest BCUT2D eigenvalue weighted by molar-refractivity contribution is -0.137. The zero-order valence-corrected chi connectivity index (χ0v) is 10.7. The van der Waals surface area contributed by atoms with Crippen LogP contribution in [0.5, 0.6) is 0 Å². The highest BCUT2D eigenvalue weighted by molar-refractivity contribution is 5.80. The Labute approximate surface area is 103 Å². The minimum atomic E-state index is 0.280. The fourth-order valence-electron chi connectivity index (χ4n) is 3.62. The van der Waals surface area contributed by atoms with E-state index in [0.29, 0.717) is 18.0 Å². The topological polar surface area (TPSA) is 35.6 Å². The average Bonchev–Trinajstić information content (AvgIpc) is 3.00. The molecule has 0 saturated carbocycles. The van der Waals surface area contributed by atoms with E-state index in [9.17, 15) is 4.79 Å². The summed E-state index contributed by atoms with van der Waals surface area (Å²) >= 11 is 0. The zero-order valence-electron chi connectivity index (χ0n) is 10.7. The predicted octanol–water partition coefficient (Wildman–Crippen LogP) is 0.291. The molecule has 0 aromatic heterocycles. The van der Waals surface area contributed by atoms with Crippen LogP contribution in [-0.4, -0.2) is 60.5 Å². The van der Waals surface area contributed by atoms with Crippen molar-refractivity contribution in [2.75, 3.05) is 32.7 Å². The summed E-state index contributed by atoms with van der Waals surface area (Å²) in [6.45, 7) is 7.27. The van der Waals surface area contributed by atoms with Gasteiger partial charge in [-0.2, -0.15) is 0 Å². The van der Waals surface area contributed by atoms with Gasteiger partial charge < -0.3 is 15.1 Å². The first kappa shape index (κ1) is 11.5. The molecule has 2 bridgehead atoms. The number of carbonyl (C=O) groups is 1. The molecule has 3 aliphatic rings. The highest BCUT2D eigenvalue weighted by Gasteiger charge is 2.44. The zero-order chi connectivity index (χ0) is 11.8. The molecule has 3 fully saturated rings. The van der Waals surface area contributed by atoms with Crippen LogP contribution in [-0.2, 0) is 4.79 Å². The predicted molar refractivity (Wildman–Crippen MR) is 66.7 cm³/mol. The van der Waals surface area contributed by atoms with E-state index in [1.165, 1.54) is 12.8 Å². The van der Waals surface area contributed by atoms with Gasteiger partial charge in [-0.05, 0) is 25.8 Å². The lowest BCUT2D eigenvalue weighted by Crippen LogP contribution is -2.51. The maximum Gasteiger partial charge on any atom is 0.227 e. The van der Waals surface area contributed by atoms with Gasteiger partial charge in [-0.1, -0.05) is 6.92 Å². The van der Waals surface area contributed by atoms with Crippen LogP contribution in [0.1, 0.15) is 26.2 Å². The second-order valence-electron chi connectivity index (χ2n) is 5.65. The Kier molecular flexibility index (Phi) is 3.09. The number of fused-ring (bicyclic) bond motifs is 2. The largest absolute Gasteiger partial charge is 0.340 e. The van der Waals surface area contributed by atoms with Crippen molar-refractivity contribution in [2.24, 2.45) is 5.92 Å². The van der Waals surface area contributed by atoms with Gasteiger partial charge in [-0.25, -0.2) is 0 Å². The normalized spacial score (nSPS) is 37.7. The summed E-state index contributed by atoms with van der Waals surface area (Å²) in [7, 11) is 0. The molecular formula is C13H23N3O. The highest BCUT2D eigenvalue weighted by atomic mass is 16.2. The Morgan fingerprint density at radius 3 is 2.53 bits per heavy atom. The van der Waals surface area contributed by atoms with Crippen molar-refractivity contribution in [3.05, 3.63) is 0 Å². The van der Waals surface area contributed by atoms with Crippen LogP contribution in [0.25, 0.3) is 0 Å². The number of likely N-dealkylation sites (N-methyl/N-ethyl adjacent to an activating group) is 1. The van der Waals surface area contributed by atoms with E-state index in [-0.39, 0.29) is 5.92 Å². The molecule has 0 aromatic carbocycles. The van der Waals surface area contributed by atoms with E-state index in [1.807, 2.05) is 0 Å². The van der Waals surface area contributed by atoms with Gasteiger partial charge >= 0.3 is 0 Å². The van der Waals surface area contributed by atoms with Crippen molar-refractivity contribution < 1.29 is 4.79 Å². The van der Waals surface area contributed by atoms with Crippen molar-refractivity contribution in [3.63, 3.8) is 0 Å². The van der Waals surface area contributed by atoms with Gasteiger partial charge in [0.05, 0.1) is 5.92 Å². The van der Waals surface area contributed by atoms with E-state index >= 15 is 0 Å². The average molecular weight is 237 g/mol. The standard InChI is InChI=1S/C13H23N3O/c1-2-15-5-7-16(8-6-15)13(17)11-9-10-3-4-12(11)14-10/h10-12,14H,2-9H2,1H3. The van der Waals surface area contributed by atoms with E-state index in [2.05, 4.69) is 22.0 Å². The molecule has 1 amide bonds. The molecule has 0 radical (unpaired) electrons. The summed E-state index contributed by atoms with van der Waals surface area (Å²) in [5.41, 5.74) is 0. The molecule has 3 saturated heterocycles. The molecule has 0 aromatic rings. The van der Waals surface area contributed by atoms with Crippen LogP contribution in [0.15, 0.2) is 0 Å². The van der Waals surface area contributed by atoms with Gasteiger partial charge in [-0.15, -0.1) is 0 Å². The van der Waals surface area contributed by atoms with Gasteiger partial charge in [0.25, 0.3) is 0 Å². The number of hydrogen-bond donors (Lipinski definition) is 1. The Bertz CT molecular complexity index is 299. The molecule has 0 spiro atoms. The van der Waals surface area contributed by atoms with Crippen LogP contribution in [0.3, 0.4) is 0 Å². The number of piperazine rings is 1. The number of hydrogen-bond acceptors (Lipinski definition) is 3. The van der Waals surface area contributed by atoms with Crippen LogP contribution < -0.4 is 5.32 Å². The minimum absolute atomic E-state index is 0.280.